The van der Waals surface area contributed by atoms with Crippen LogP contribution < -0.4 is 5.32 Å². The van der Waals surface area contributed by atoms with Crippen LogP contribution in [-0.4, -0.2) is 22.7 Å². The molecule has 3 nitrogen and oxygen atoms in total. The Kier molecular flexibility index (Phi) is 4.33. The number of hydrogen-bond acceptors (Lipinski definition) is 4. The molecule has 1 aromatic heterocycles. The van der Waals surface area contributed by atoms with Gasteiger partial charge in [0.1, 0.15) is 0 Å². The van der Waals surface area contributed by atoms with E-state index >= 15 is 0 Å². The van der Waals surface area contributed by atoms with Crippen LogP contribution in [0.25, 0.3) is 10.4 Å². The van der Waals surface area contributed by atoms with Gasteiger partial charge in [-0.1, -0.05) is 48.1 Å². The number of benzene rings is 1. The third kappa shape index (κ3) is 3.02. The highest BCUT2D eigenvalue weighted by atomic mass is 32.1. The molecule has 2 aromatic rings. The molecule has 3 rings (SSSR count). The summed E-state index contributed by atoms with van der Waals surface area (Å²) in [5.74, 6) is 0.587. The summed E-state index contributed by atoms with van der Waals surface area (Å²) in [6.07, 6.45) is 6.49. The molecule has 0 spiro atoms. The molecule has 2 atom stereocenters. The van der Waals surface area contributed by atoms with Crippen LogP contribution in [0.1, 0.15) is 25.7 Å². The molecular weight excluding hydrogens is 268 g/mol. The van der Waals surface area contributed by atoms with E-state index in [1.807, 2.05) is 12.3 Å². The average Bonchev–Trinajstić information content (AvgIpc) is 3.11. The number of nitrogens with one attached hydrogen (secondary N) is 1. The van der Waals surface area contributed by atoms with Crippen molar-refractivity contribution in [3.63, 3.8) is 0 Å². The highest BCUT2D eigenvalue weighted by molar-refractivity contribution is 7.18. The van der Waals surface area contributed by atoms with Gasteiger partial charge in [-0.25, -0.2) is 4.98 Å². The molecule has 1 fully saturated rings. The Morgan fingerprint density at radius 3 is 2.90 bits per heavy atom. The lowest BCUT2D eigenvalue weighted by atomic mass is 10.0. The Morgan fingerprint density at radius 2 is 2.10 bits per heavy atom. The molecule has 2 unspecified atom stereocenters. The molecule has 1 heterocycles. The van der Waals surface area contributed by atoms with Gasteiger partial charge in [0, 0.05) is 18.8 Å². The van der Waals surface area contributed by atoms with Crippen molar-refractivity contribution in [1.29, 1.82) is 0 Å². The molecule has 106 valence electrons. The maximum atomic E-state index is 9.12. The molecule has 4 heteroatoms. The smallest absolute Gasteiger partial charge is 0.183 e. The molecule has 1 aromatic carbocycles. The van der Waals surface area contributed by atoms with E-state index in [-0.39, 0.29) is 6.61 Å². The zero-order valence-corrected chi connectivity index (χ0v) is 12.3. The van der Waals surface area contributed by atoms with Crippen LogP contribution in [0.5, 0.6) is 0 Å². The topological polar surface area (TPSA) is 45.1 Å². The Morgan fingerprint density at radius 1 is 1.25 bits per heavy atom. The maximum absolute atomic E-state index is 9.12. The Hall–Kier alpha value is -1.39. The summed E-state index contributed by atoms with van der Waals surface area (Å²) < 4.78 is 0. The van der Waals surface area contributed by atoms with E-state index in [1.54, 1.807) is 11.3 Å². The van der Waals surface area contributed by atoms with Gasteiger partial charge in [-0.15, -0.1) is 0 Å². The lowest BCUT2D eigenvalue weighted by molar-refractivity contribution is 0.254. The third-order valence-electron chi connectivity index (χ3n) is 4.03. The van der Waals surface area contributed by atoms with Crippen molar-refractivity contribution in [1.82, 2.24) is 4.98 Å². The summed E-state index contributed by atoms with van der Waals surface area (Å²) in [6, 6.07) is 10.8. The fourth-order valence-corrected chi connectivity index (χ4v) is 3.86. The number of aromatic nitrogens is 1. The number of aliphatic hydroxyl groups excluding tert-OH is 1. The van der Waals surface area contributed by atoms with Crippen LogP contribution in [0.4, 0.5) is 5.13 Å². The zero-order chi connectivity index (χ0) is 13.8. The largest absolute Gasteiger partial charge is 0.396 e. The average molecular weight is 288 g/mol. The highest BCUT2D eigenvalue weighted by Gasteiger charge is 2.27. The Balaban J connectivity index is 1.68. The van der Waals surface area contributed by atoms with Crippen molar-refractivity contribution < 1.29 is 5.11 Å². The number of thiazole rings is 1. The monoisotopic (exact) mass is 288 g/mol. The van der Waals surface area contributed by atoms with Gasteiger partial charge < -0.3 is 10.4 Å². The fourth-order valence-electron chi connectivity index (χ4n) is 2.97. The van der Waals surface area contributed by atoms with Gasteiger partial charge in [0.2, 0.25) is 0 Å². The Labute approximate surface area is 123 Å². The van der Waals surface area contributed by atoms with Crippen molar-refractivity contribution in [2.75, 3.05) is 11.9 Å². The van der Waals surface area contributed by atoms with E-state index in [9.17, 15) is 0 Å². The van der Waals surface area contributed by atoms with Crippen LogP contribution in [-0.2, 0) is 0 Å². The molecule has 0 bridgehead atoms. The first kappa shape index (κ1) is 13.6. The van der Waals surface area contributed by atoms with Crippen LogP contribution in [0.15, 0.2) is 36.5 Å². The second-order valence-corrected chi connectivity index (χ2v) is 6.38. The van der Waals surface area contributed by atoms with Crippen LogP contribution >= 0.6 is 11.3 Å². The second-order valence-electron chi connectivity index (χ2n) is 5.35. The first-order valence-corrected chi connectivity index (χ1v) is 8.07. The fraction of sp³-hybridized carbons (Fsp3) is 0.438. The summed E-state index contributed by atoms with van der Waals surface area (Å²) >= 11 is 1.71. The predicted octanol–water partition coefficient (Wildman–Crippen LogP) is 3.77. The summed E-state index contributed by atoms with van der Waals surface area (Å²) in [5.41, 5.74) is 1.22. The van der Waals surface area contributed by atoms with E-state index in [0.29, 0.717) is 12.0 Å². The molecule has 1 aliphatic carbocycles. The lowest BCUT2D eigenvalue weighted by Gasteiger charge is -2.19. The predicted molar refractivity (Wildman–Crippen MR) is 84.0 cm³/mol. The van der Waals surface area contributed by atoms with Gasteiger partial charge in [-0.3, -0.25) is 0 Å². The van der Waals surface area contributed by atoms with Gasteiger partial charge >= 0.3 is 0 Å². The Bertz CT molecular complexity index is 540. The first-order valence-electron chi connectivity index (χ1n) is 7.25. The minimum absolute atomic E-state index is 0.288. The maximum Gasteiger partial charge on any atom is 0.183 e. The van der Waals surface area contributed by atoms with Gasteiger partial charge in [-0.05, 0) is 30.7 Å². The third-order valence-corrected chi connectivity index (χ3v) is 5.01. The van der Waals surface area contributed by atoms with Gasteiger partial charge in [0.05, 0.1) is 4.88 Å². The normalized spacial score (nSPS) is 22.1. The molecule has 0 aliphatic heterocycles. The highest BCUT2D eigenvalue weighted by Crippen LogP contribution is 2.34. The quantitative estimate of drug-likeness (QED) is 0.880. The molecule has 0 saturated heterocycles. The molecule has 0 amide bonds. The van der Waals surface area contributed by atoms with Gasteiger partial charge in [-0.2, -0.15) is 0 Å². The summed E-state index contributed by atoms with van der Waals surface area (Å²) in [7, 11) is 0. The number of hydrogen-bond donors (Lipinski definition) is 2. The van der Waals surface area contributed by atoms with Crippen LogP contribution in [0.2, 0.25) is 0 Å². The molecule has 2 N–H and O–H groups in total. The number of nitrogens with zero attached hydrogens (tertiary/aromatic N) is 1. The van der Waals surface area contributed by atoms with Crippen molar-refractivity contribution in [3.05, 3.63) is 36.5 Å². The SMILES string of the molecule is OCCC1CCCC1Nc1ncc(-c2ccccc2)s1. The minimum Gasteiger partial charge on any atom is -0.396 e. The summed E-state index contributed by atoms with van der Waals surface area (Å²) in [5, 5.41) is 13.7. The van der Waals surface area contributed by atoms with Crippen molar-refractivity contribution in [2.45, 2.75) is 31.7 Å². The standard InChI is InChI=1S/C16H20N2OS/c19-10-9-12-7-4-8-14(12)18-16-17-11-15(20-16)13-5-2-1-3-6-13/h1-3,5-6,11-12,14,19H,4,7-10H2,(H,17,18). The second kappa shape index (κ2) is 6.37. The van der Waals surface area contributed by atoms with E-state index in [1.165, 1.54) is 29.7 Å². The van der Waals surface area contributed by atoms with E-state index in [2.05, 4.69) is 34.6 Å². The summed E-state index contributed by atoms with van der Waals surface area (Å²) in [4.78, 5) is 5.69. The van der Waals surface area contributed by atoms with Crippen LogP contribution in [0.3, 0.4) is 0 Å². The number of anilines is 1. The first-order chi connectivity index (χ1) is 9.86. The van der Waals surface area contributed by atoms with Crippen molar-refractivity contribution >= 4 is 16.5 Å². The van der Waals surface area contributed by atoms with Crippen LogP contribution in [0, 0.1) is 5.92 Å². The molecular formula is C16H20N2OS. The number of rotatable bonds is 5. The minimum atomic E-state index is 0.288. The molecule has 0 radical (unpaired) electrons. The van der Waals surface area contributed by atoms with Gasteiger partial charge in [0.15, 0.2) is 5.13 Å². The zero-order valence-electron chi connectivity index (χ0n) is 11.5. The van der Waals surface area contributed by atoms with Crippen molar-refractivity contribution in [3.8, 4) is 10.4 Å². The van der Waals surface area contributed by atoms with Crippen molar-refractivity contribution in [2.24, 2.45) is 5.92 Å². The molecule has 1 saturated carbocycles. The van der Waals surface area contributed by atoms with Gasteiger partial charge in [0.25, 0.3) is 0 Å². The van der Waals surface area contributed by atoms with E-state index < -0.39 is 0 Å². The number of aliphatic hydroxyl groups is 1. The van der Waals surface area contributed by atoms with E-state index in [4.69, 9.17) is 5.11 Å². The lowest BCUT2D eigenvalue weighted by Crippen LogP contribution is -2.24. The van der Waals surface area contributed by atoms with E-state index in [0.717, 1.165) is 11.6 Å². The molecule has 1 aliphatic rings. The molecule has 20 heavy (non-hydrogen) atoms. The summed E-state index contributed by atoms with van der Waals surface area (Å²) in [6.45, 7) is 0.288.